The van der Waals surface area contributed by atoms with Crippen molar-refractivity contribution in [3.63, 3.8) is 0 Å². The van der Waals surface area contributed by atoms with E-state index in [2.05, 4.69) is 28.6 Å². The highest BCUT2D eigenvalue weighted by Gasteiger charge is 2.32. The van der Waals surface area contributed by atoms with Crippen LogP contribution in [0.25, 0.3) is 0 Å². The van der Waals surface area contributed by atoms with E-state index in [9.17, 15) is 34.5 Å². The van der Waals surface area contributed by atoms with Gasteiger partial charge in [-0.3, -0.25) is 14.4 Å². The van der Waals surface area contributed by atoms with Crippen molar-refractivity contribution in [2.24, 2.45) is 11.5 Å². The third kappa shape index (κ3) is 10.5. The summed E-state index contributed by atoms with van der Waals surface area (Å²) in [5.74, 6) is -3.56. The second-order valence-corrected chi connectivity index (χ2v) is 8.50. The first-order chi connectivity index (χ1) is 16.5. The van der Waals surface area contributed by atoms with E-state index in [0.717, 1.165) is 0 Å². The Morgan fingerprint density at radius 1 is 0.971 bits per heavy atom. The fourth-order valence-electron chi connectivity index (χ4n) is 3.11. The number of phenolic OH excluding ortho intramolecular Hbond substituents is 1. The lowest BCUT2D eigenvalue weighted by atomic mass is 10.0. The van der Waals surface area contributed by atoms with Gasteiger partial charge >= 0.3 is 5.97 Å². The van der Waals surface area contributed by atoms with Gasteiger partial charge in [0.25, 0.3) is 0 Å². The Morgan fingerprint density at radius 2 is 1.57 bits per heavy atom. The molecule has 0 radical (unpaired) electrons. The van der Waals surface area contributed by atoms with Crippen LogP contribution >= 0.6 is 12.6 Å². The fraction of sp³-hybridized carbons (Fsp3) is 0.545. The summed E-state index contributed by atoms with van der Waals surface area (Å²) in [4.78, 5) is 49.6. The second-order valence-electron chi connectivity index (χ2n) is 8.13. The SMILES string of the molecule is CC(O)C(NC(=O)C(Cc1ccc(O)cc1)NC(=O)C(N)CS)C(=O)NC(CCCCN)C(=O)O. The van der Waals surface area contributed by atoms with E-state index < -0.39 is 54.0 Å². The van der Waals surface area contributed by atoms with Crippen LogP contribution < -0.4 is 27.4 Å². The first-order valence-corrected chi connectivity index (χ1v) is 11.8. The molecule has 35 heavy (non-hydrogen) atoms. The molecule has 12 nitrogen and oxygen atoms in total. The van der Waals surface area contributed by atoms with Crippen LogP contribution in [0.2, 0.25) is 0 Å². The molecule has 0 heterocycles. The Morgan fingerprint density at radius 3 is 2.09 bits per heavy atom. The number of benzene rings is 1. The van der Waals surface area contributed by atoms with Crippen LogP contribution in [0, 0.1) is 0 Å². The predicted octanol–water partition coefficient (Wildman–Crippen LogP) is -1.76. The van der Waals surface area contributed by atoms with Crippen molar-refractivity contribution in [1.82, 2.24) is 16.0 Å². The number of amides is 3. The smallest absolute Gasteiger partial charge is 0.326 e. The summed E-state index contributed by atoms with van der Waals surface area (Å²) in [5.41, 5.74) is 11.7. The minimum atomic E-state index is -1.49. The van der Waals surface area contributed by atoms with Gasteiger partial charge in [-0.25, -0.2) is 4.79 Å². The highest BCUT2D eigenvalue weighted by atomic mass is 32.1. The molecule has 196 valence electrons. The van der Waals surface area contributed by atoms with Gasteiger partial charge in [0, 0.05) is 12.2 Å². The monoisotopic (exact) mass is 513 g/mol. The number of aliphatic hydroxyl groups is 1. The molecular weight excluding hydrogens is 478 g/mol. The van der Waals surface area contributed by atoms with E-state index in [-0.39, 0.29) is 24.3 Å². The average molecular weight is 514 g/mol. The van der Waals surface area contributed by atoms with Crippen LogP contribution in [0.5, 0.6) is 5.75 Å². The molecule has 1 aromatic carbocycles. The molecule has 0 aliphatic carbocycles. The van der Waals surface area contributed by atoms with Gasteiger partial charge < -0.3 is 42.7 Å². The van der Waals surface area contributed by atoms with Gasteiger partial charge in [0.05, 0.1) is 12.1 Å². The number of hydrogen-bond acceptors (Lipinski definition) is 9. The highest BCUT2D eigenvalue weighted by molar-refractivity contribution is 7.80. The zero-order valence-corrected chi connectivity index (χ0v) is 20.4. The van der Waals surface area contributed by atoms with Gasteiger partial charge in [-0.1, -0.05) is 12.1 Å². The fourth-order valence-corrected chi connectivity index (χ4v) is 3.28. The molecule has 5 unspecified atom stereocenters. The third-order valence-electron chi connectivity index (χ3n) is 5.17. The first-order valence-electron chi connectivity index (χ1n) is 11.2. The molecule has 3 amide bonds. The molecule has 13 heteroatoms. The lowest BCUT2D eigenvalue weighted by Gasteiger charge is -2.26. The number of carbonyl (C=O) groups excluding carboxylic acids is 3. The summed E-state index contributed by atoms with van der Waals surface area (Å²) in [6.45, 7) is 1.64. The number of thiol groups is 1. The zero-order chi connectivity index (χ0) is 26.5. The molecule has 0 saturated carbocycles. The number of rotatable bonds is 15. The van der Waals surface area contributed by atoms with Crippen LogP contribution in [-0.2, 0) is 25.6 Å². The number of aromatic hydroxyl groups is 1. The summed E-state index contributed by atoms with van der Waals surface area (Å²) in [5, 5.41) is 36.2. The number of carboxylic acids is 1. The molecule has 0 aliphatic heterocycles. The minimum absolute atomic E-state index is 0.0118. The normalized spacial score (nSPS) is 15.2. The Bertz CT molecular complexity index is 853. The van der Waals surface area contributed by atoms with Crippen molar-refractivity contribution in [1.29, 1.82) is 0 Å². The molecule has 1 rings (SSSR count). The van der Waals surface area contributed by atoms with Gasteiger partial charge in [-0.05, 0) is 50.4 Å². The Hall–Kier alpha value is -2.87. The molecule has 0 aromatic heterocycles. The van der Waals surface area contributed by atoms with Crippen LogP contribution in [0.15, 0.2) is 24.3 Å². The van der Waals surface area contributed by atoms with Crippen molar-refractivity contribution in [3.05, 3.63) is 29.8 Å². The van der Waals surface area contributed by atoms with Crippen molar-refractivity contribution in [3.8, 4) is 5.75 Å². The zero-order valence-electron chi connectivity index (χ0n) is 19.5. The average Bonchev–Trinajstić information content (AvgIpc) is 2.81. The van der Waals surface area contributed by atoms with Crippen molar-refractivity contribution in [2.45, 2.75) is 62.9 Å². The maximum absolute atomic E-state index is 13.1. The lowest BCUT2D eigenvalue weighted by molar-refractivity contribution is -0.143. The Labute approximate surface area is 209 Å². The topological polar surface area (TPSA) is 217 Å². The number of unbranched alkanes of at least 4 members (excludes halogenated alkanes) is 1. The van der Waals surface area contributed by atoms with E-state index in [0.29, 0.717) is 24.9 Å². The van der Waals surface area contributed by atoms with Gasteiger partial charge in [0.15, 0.2) is 0 Å². The van der Waals surface area contributed by atoms with Crippen LogP contribution in [0.1, 0.15) is 31.7 Å². The molecule has 0 saturated heterocycles. The van der Waals surface area contributed by atoms with Crippen molar-refractivity contribution in [2.75, 3.05) is 12.3 Å². The maximum atomic E-state index is 13.1. The first kappa shape index (κ1) is 30.2. The number of hydrogen-bond donors (Lipinski definition) is 9. The third-order valence-corrected chi connectivity index (χ3v) is 5.56. The van der Waals surface area contributed by atoms with Crippen molar-refractivity contribution >= 4 is 36.3 Å². The summed E-state index contributed by atoms with van der Waals surface area (Å²) >= 11 is 3.97. The minimum Gasteiger partial charge on any atom is -0.508 e. The number of phenols is 1. The van der Waals surface area contributed by atoms with Gasteiger partial charge in [-0.15, -0.1) is 0 Å². The number of carboxylic acid groups (broad SMARTS) is 1. The summed E-state index contributed by atoms with van der Waals surface area (Å²) in [6, 6.07) is 1.03. The molecule has 0 aliphatic rings. The van der Waals surface area contributed by atoms with Gasteiger partial charge in [-0.2, -0.15) is 12.6 Å². The Balaban J connectivity index is 3.03. The van der Waals surface area contributed by atoms with Gasteiger partial charge in [0.1, 0.15) is 23.9 Å². The maximum Gasteiger partial charge on any atom is 0.326 e. The van der Waals surface area contributed by atoms with Gasteiger partial charge in [0.2, 0.25) is 17.7 Å². The largest absolute Gasteiger partial charge is 0.508 e. The van der Waals surface area contributed by atoms with Crippen molar-refractivity contribution < 1.29 is 34.5 Å². The second kappa shape index (κ2) is 15.2. The molecule has 0 fully saturated rings. The van der Waals surface area contributed by atoms with E-state index >= 15 is 0 Å². The number of aliphatic carboxylic acids is 1. The van der Waals surface area contributed by atoms with Crippen LogP contribution in [0.3, 0.4) is 0 Å². The van der Waals surface area contributed by atoms with E-state index in [4.69, 9.17) is 11.5 Å². The molecule has 0 spiro atoms. The number of nitrogens with two attached hydrogens (primary N) is 2. The predicted molar refractivity (Wildman–Crippen MR) is 132 cm³/mol. The Kier molecular flexibility index (Phi) is 13.1. The van der Waals surface area contributed by atoms with Crippen LogP contribution in [0.4, 0.5) is 0 Å². The molecule has 10 N–H and O–H groups in total. The standard InChI is InChI=1S/C22H35N5O7S/c1-12(28)18(21(32)25-16(22(33)34)4-2-3-9-23)27-20(31)17(26-19(30)15(24)11-35)10-13-5-7-14(29)8-6-13/h5-8,12,15-18,28-29,35H,2-4,9-11,23-24H2,1H3,(H,25,32)(H,26,30)(H,27,31)(H,33,34). The molecule has 1 aromatic rings. The van der Waals surface area contributed by atoms with E-state index in [1.54, 1.807) is 12.1 Å². The lowest BCUT2D eigenvalue weighted by Crippen LogP contribution is -2.60. The summed E-state index contributed by atoms with van der Waals surface area (Å²) in [6.07, 6.45) is -0.223. The quantitative estimate of drug-likeness (QED) is 0.0957. The highest BCUT2D eigenvalue weighted by Crippen LogP contribution is 2.12. The van der Waals surface area contributed by atoms with E-state index in [1.807, 2.05) is 0 Å². The number of nitrogens with one attached hydrogen (secondary N) is 3. The molecular formula is C22H35N5O7S. The number of carbonyl (C=O) groups is 4. The summed E-state index contributed by atoms with van der Waals surface area (Å²) in [7, 11) is 0. The van der Waals surface area contributed by atoms with E-state index in [1.165, 1.54) is 19.1 Å². The molecule has 0 bridgehead atoms. The number of aliphatic hydroxyl groups excluding tert-OH is 1. The van der Waals surface area contributed by atoms with Crippen LogP contribution in [-0.4, -0.2) is 81.6 Å². The summed E-state index contributed by atoms with van der Waals surface area (Å²) < 4.78 is 0. The molecule has 5 atom stereocenters.